The number of hydrogen-bond acceptors (Lipinski definition) is 6. The molecule has 0 aromatic heterocycles. The molecule has 0 radical (unpaired) electrons. The van der Waals surface area contributed by atoms with Gasteiger partial charge in [-0.1, -0.05) is 13.3 Å². The number of nitrogens with two attached hydrogens (primary N) is 1. The topological polar surface area (TPSA) is 72.2 Å². The molecule has 1 fully saturated rings. The van der Waals surface area contributed by atoms with Crippen LogP contribution < -0.4 is 5.73 Å². The van der Waals surface area contributed by atoms with Crippen LogP contribution in [0.3, 0.4) is 0 Å². The van der Waals surface area contributed by atoms with Crippen molar-refractivity contribution in [2.75, 3.05) is 59.5 Å². The fourth-order valence-corrected chi connectivity index (χ4v) is 1.95. The molecule has 0 saturated carbocycles. The molecule has 1 saturated heterocycles. The Kier molecular flexibility index (Phi) is 12.0. The van der Waals surface area contributed by atoms with E-state index in [1.807, 2.05) is 0 Å². The molecular weight excluding hydrogens is 274 g/mol. The van der Waals surface area contributed by atoms with Crippen molar-refractivity contribution in [1.82, 2.24) is 0 Å². The largest absolute Gasteiger partial charge is 0.379 e. The fraction of sp³-hybridized carbons (Fsp3) is 1.00. The quantitative estimate of drug-likeness (QED) is 0.511. The van der Waals surface area contributed by atoms with Crippen molar-refractivity contribution in [3.05, 3.63) is 0 Å². The summed E-state index contributed by atoms with van der Waals surface area (Å²) in [6.07, 6.45) is 3.13. The maximum Gasteiger partial charge on any atom is 0.0960 e. The van der Waals surface area contributed by atoms with Gasteiger partial charge in [0.25, 0.3) is 0 Å². The Morgan fingerprint density at radius 1 is 0.952 bits per heavy atom. The van der Waals surface area contributed by atoms with E-state index in [1.165, 1.54) is 0 Å². The third-order valence-electron chi connectivity index (χ3n) is 3.30. The molecule has 0 bridgehead atoms. The Bertz CT molecular complexity index is 230. The third-order valence-corrected chi connectivity index (χ3v) is 3.30. The molecule has 2 N–H and O–H groups in total. The number of rotatable bonds is 13. The van der Waals surface area contributed by atoms with E-state index >= 15 is 0 Å². The summed E-state index contributed by atoms with van der Waals surface area (Å²) in [6, 6.07) is 0.0785. The van der Waals surface area contributed by atoms with Gasteiger partial charge in [0.15, 0.2) is 0 Å². The first kappa shape index (κ1) is 18.8. The average Bonchev–Trinajstić information content (AvgIpc) is 2.50. The second-order valence-electron chi connectivity index (χ2n) is 5.13. The maximum atomic E-state index is 5.94. The molecule has 126 valence electrons. The number of ether oxygens (including phenoxy) is 5. The van der Waals surface area contributed by atoms with Gasteiger partial charge in [-0.3, -0.25) is 0 Å². The van der Waals surface area contributed by atoms with E-state index in [2.05, 4.69) is 6.92 Å². The predicted molar refractivity (Wildman–Crippen MR) is 80.5 cm³/mol. The standard InChI is InChI=1S/C15H31NO5/c1-2-3-5-17-7-8-18-9-10-19-11-12-21-15-13-20-6-4-14(15)16/h14-15H,2-13,16H2,1H3. The van der Waals surface area contributed by atoms with Crippen LogP contribution in [-0.4, -0.2) is 71.6 Å². The predicted octanol–water partition coefficient (Wildman–Crippen LogP) is 0.969. The van der Waals surface area contributed by atoms with Crippen LogP contribution in [0.15, 0.2) is 0 Å². The Morgan fingerprint density at radius 3 is 2.19 bits per heavy atom. The molecule has 21 heavy (non-hydrogen) atoms. The lowest BCUT2D eigenvalue weighted by Gasteiger charge is -2.28. The van der Waals surface area contributed by atoms with E-state index < -0.39 is 0 Å². The highest BCUT2D eigenvalue weighted by molar-refractivity contribution is 4.76. The minimum Gasteiger partial charge on any atom is -0.379 e. The van der Waals surface area contributed by atoms with Crippen LogP contribution in [0.2, 0.25) is 0 Å². The van der Waals surface area contributed by atoms with E-state index in [1.54, 1.807) is 0 Å². The second kappa shape index (κ2) is 13.4. The van der Waals surface area contributed by atoms with Crippen molar-refractivity contribution >= 4 is 0 Å². The minimum atomic E-state index is -0.00105. The molecule has 0 spiro atoms. The lowest BCUT2D eigenvalue weighted by Crippen LogP contribution is -2.45. The molecule has 0 aromatic carbocycles. The molecule has 0 amide bonds. The van der Waals surface area contributed by atoms with Gasteiger partial charge in [-0.05, 0) is 12.8 Å². The highest BCUT2D eigenvalue weighted by atomic mass is 16.6. The Labute approximate surface area is 128 Å². The molecule has 1 aliphatic rings. The highest BCUT2D eigenvalue weighted by Gasteiger charge is 2.22. The van der Waals surface area contributed by atoms with E-state index in [9.17, 15) is 0 Å². The molecule has 6 heteroatoms. The van der Waals surface area contributed by atoms with Gasteiger partial charge in [0.2, 0.25) is 0 Å². The zero-order valence-corrected chi connectivity index (χ0v) is 13.3. The van der Waals surface area contributed by atoms with Crippen LogP contribution in [0.4, 0.5) is 0 Å². The van der Waals surface area contributed by atoms with Crippen LogP contribution in [-0.2, 0) is 23.7 Å². The van der Waals surface area contributed by atoms with Crippen molar-refractivity contribution in [2.24, 2.45) is 5.73 Å². The monoisotopic (exact) mass is 305 g/mol. The zero-order chi connectivity index (χ0) is 15.2. The molecule has 0 aliphatic carbocycles. The summed E-state index contributed by atoms with van der Waals surface area (Å²) in [4.78, 5) is 0. The molecular formula is C15H31NO5. The first-order valence-electron chi connectivity index (χ1n) is 8.02. The van der Waals surface area contributed by atoms with Crippen molar-refractivity contribution in [2.45, 2.75) is 38.3 Å². The molecule has 1 rings (SSSR count). The van der Waals surface area contributed by atoms with E-state index in [0.29, 0.717) is 46.2 Å². The van der Waals surface area contributed by atoms with Crippen LogP contribution in [0.5, 0.6) is 0 Å². The summed E-state index contributed by atoms with van der Waals surface area (Å²) in [5, 5.41) is 0. The van der Waals surface area contributed by atoms with Crippen LogP contribution in [0.25, 0.3) is 0 Å². The van der Waals surface area contributed by atoms with Crippen molar-refractivity contribution in [3.8, 4) is 0 Å². The van der Waals surface area contributed by atoms with Gasteiger partial charge in [-0.25, -0.2) is 0 Å². The third kappa shape index (κ3) is 10.2. The Morgan fingerprint density at radius 2 is 1.57 bits per heavy atom. The lowest BCUT2D eigenvalue weighted by molar-refractivity contribution is -0.0774. The summed E-state index contributed by atoms with van der Waals surface area (Å²) in [5.74, 6) is 0. The Balaban J connectivity index is 1.76. The van der Waals surface area contributed by atoms with Crippen molar-refractivity contribution in [1.29, 1.82) is 0 Å². The first-order chi connectivity index (χ1) is 10.3. The van der Waals surface area contributed by atoms with E-state index in [0.717, 1.165) is 32.5 Å². The van der Waals surface area contributed by atoms with Gasteiger partial charge in [0.05, 0.1) is 52.4 Å². The molecule has 0 aromatic rings. The summed E-state index contributed by atoms with van der Waals surface area (Å²) in [7, 11) is 0. The van der Waals surface area contributed by atoms with E-state index in [-0.39, 0.29) is 12.1 Å². The normalized spacial score (nSPS) is 22.6. The van der Waals surface area contributed by atoms with Gasteiger partial charge >= 0.3 is 0 Å². The molecule has 2 unspecified atom stereocenters. The summed E-state index contributed by atoms with van der Waals surface area (Å²) in [5.41, 5.74) is 5.94. The van der Waals surface area contributed by atoms with Crippen LogP contribution in [0, 0.1) is 0 Å². The fourth-order valence-electron chi connectivity index (χ4n) is 1.95. The van der Waals surface area contributed by atoms with Crippen LogP contribution in [0.1, 0.15) is 26.2 Å². The molecule has 2 atom stereocenters. The minimum absolute atomic E-state index is 0.00105. The van der Waals surface area contributed by atoms with Gasteiger partial charge in [-0.2, -0.15) is 0 Å². The van der Waals surface area contributed by atoms with Crippen molar-refractivity contribution < 1.29 is 23.7 Å². The number of hydrogen-bond donors (Lipinski definition) is 1. The average molecular weight is 305 g/mol. The van der Waals surface area contributed by atoms with E-state index in [4.69, 9.17) is 29.4 Å². The van der Waals surface area contributed by atoms with Crippen molar-refractivity contribution in [3.63, 3.8) is 0 Å². The van der Waals surface area contributed by atoms with Gasteiger partial charge in [-0.15, -0.1) is 0 Å². The SMILES string of the molecule is CCCCOCCOCCOCCOC1COCCC1N. The molecule has 1 heterocycles. The molecule has 1 aliphatic heterocycles. The molecule has 6 nitrogen and oxygen atoms in total. The summed E-state index contributed by atoms with van der Waals surface area (Å²) in [6.45, 7) is 7.83. The van der Waals surface area contributed by atoms with Crippen LogP contribution >= 0.6 is 0 Å². The number of unbranched alkanes of at least 4 members (excludes halogenated alkanes) is 1. The second-order valence-corrected chi connectivity index (χ2v) is 5.13. The highest BCUT2D eigenvalue weighted by Crippen LogP contribution is 2.08. The zero-order valence-electron chi connectivity index (χ0n) is 13.3. The maximum absolute atomic E-state index is 5.94. The lowest BCUT2D eigenvalue weighted by atomic mass is 10.1. The smallest absolute Gasteiger partial charge is 0.0960 e. The summed E-state index contributed by atoms with van der Waals surface area (Å²) < 4.78 is 27.2. The van der Waals surface area contributed by atoms with Gasteiger partial charge < -0.3 is 29.4 Å². The Hall–Kier alpha value is -0.240. The summed E-state index contributed by atoms with van der Waals surface area (Å²) >= 11 is 0. The van der Waals surface area contributed by atoms with Gasteiger partial charge in [0.1, 0.15) is 0 Å². The first-order valence-corrected chi connectivity index (χ1v) is 8.02. The van der Waals surface area contributed by atoms with Gasteiger partial charge in [0, 0.05) is 19.3 Å².